The summed E-state index contributed by atoms with van der Waals surface area (Å²) >= 11 is 1.31. The third kappa shape index (κ3) is 16.1. The SMILES string of the molecule is CCN(CC)CC.CCN(CC)CC.OB(O)Oc1cccs1. The summed E-state index contributed by atoms with van der Waals surface area (Å²) in [6.45, 7) is 20.2. The third-order valence-corrected chi connectivity index (χ3v) is 4.16. The molecule has 0 radical (unpaired) electrons. The molecule has 0 aliphatic rings. The Morgan fingerprint density at radius 2 is 1.26 bits per heavy atom. The van der Waals surface area contributed by atoms with Crippen LogP contribution in [0.1, 0.15) is 41.5 Å². The maximum atomic E-state index is 8.26. The molecule has 0 fully saturated rings. The summed E-state index contributed by atoms with van der Waals surface area (Å²) in [6, 6.07) is 3.42. The van der Waals surface area contributed by atoms with Crippen molar-refractivity contribution in [3.63, 3.8) is 0 Å². The maximum Gasteiger partial charge on any atom is 0.708 e. The molecule has 0 aliphatic heterocycles. The zero-order valence-corrected chi connectivity index (χ0v) is 16.5. The van der Waals surface area contributed by atoms with Crippen LogP contribution in [0.25, 0.3) is 0 Å². The first-order valence-corrected chi connectivity index (χ1v) is 9.37. The van der Waals surface area contributed by atoms with Gasteiger partial charge in [-0.15, -0.1) is 11.3 Å². The topological polar surface area (TPSA) is 56.2 Å². The van der Waals surface area contributed by atoms with Crippen LogP contribution in [0.15, 0.2) is 17.5 Å². The molecule has 0 spiro atoms. The van der Waals surface area contributed by atoms with Gasteiger partial charge >= 0.3 is 7.32 Å². The second-order valence-electron chi connectivity index (χ2n) is 4.62. The van der Waals surface area contributed by atoms with Gasteiger partial charge in [0.15, 0.2) is 5.06 Å². The van der Waals surface area contributed by atoms with E-state index >= 15 is 0 Å². The molecule has 0 atom stereocenters. The number of rotatable bonds is 8. The monoisotopic (exact) mass is 346 g/mol. The second-order valence-corrected chi connectivity index (χ2v) is 5.53. The molecule has 0 aliphatic carbocycles. The van der Waals surface area contributed by atoms with Crippen molar-refractivity contribution in [1.29, 1.82) is 0 Å². The molecule has 7 heteroatoms. The molecular weight excluding hydrogens is 311 g/mol. The summed E-state index contributed by atoms with van der Waals surface area (Å²) in [4.78, 5) is 4.75. The molecule has 0 unspecified atom stereocenters. The molecule has 0 aromatic carbocycles. The normalized spacial score (nSPS) is 9.83. The van der Waals surface area contributed by atoms with Crippen molar-refractivity contribution in [2.75, 3.05) is 39.3 Å². The highest BCUT2D eigenvalue weighted by Gasteiger charge is 2.10. The third-order valence-electron chi connectivity index (χ3n) is 3.40. The van der Waals surface area contributed by atoms with Crippen molar-refractivity contribution in [2.24, 2.45) is 0 Å². The lowest BCUT2D eigenvalue weighted by molar-refractivity contribution is 0.292. The first-order valence-electron chi connectivity index (χ1n) is 8.49. The second kappa shape index (κ2) is 17.8. The van der Waals surface area contributed by atoms with Crippen LogP contribution >= 0.6 is 11.3 Å². The van der Waals surface area contributed by atoms with Crippen LogP contribution in [0.3, 0.4) is 0 Å². The van der Waals surface area contributed by atoms with Crippen molar-refractivity contribution >= 4 is 18.7 Å². The van der Waals surface area contributed by atoms with Gasteiger partial charge in [-0.1, -0.05) is 41.5 Å². The van der Waals surface area contributed by atoms with Gasteiger partial charge in [0.1, 0.15) is 0 Å². The zero-order valence-electron chi connectivity index (χ0n) is 15.7. The van der Waals surface area contributed by atoms with Crippen molar-refractivity contribution < 1.29 is 14.7 Å². The quantitative estimate of drug-likeness (QED) is 0.709. The standard InChI is InChI=1S/2C6H15N.C4H5BO3S/c2*1-4-7(5-2)6-3;6-5(7)8-4-2-1-3-9-4/h2*4-6H2,1-3H3;1-3,6-7H. The van der Waals surface area contributed by atoms with Gasteiger partial charge in [-0.25, -0.2) is 0 Å². The Kier molecular flexibility index (Phi) is 19.0. The summed E-state index contributed by atoms with van der Waals surface area (Å²) in [5, 5.41) is 18.8. The molecule has 0 saturated carbocycles. The molecule has 2 N–H and O–H groups in total. The lowest BCUT2D eigenvalue weighted by Crippen LogP contribution is -2.21. The minimum atomic E-state index is -1.70. The number of hydrogen-bond donors (Lipinski definition) is 2. The molecule has 0 bridgehead atoms. The van der Waals surface area contributed by atoms with Crippen molar-refractivity contribution in [2.45, 2.75) is 41.5 Å². The fourth-order valence-electron chi connectivity index (χ4n) is 1.78. The molecule has 23 heavy (non-hydrogen) atoms. The van der Waals surface area contributed by atoms with Gasteiger partial charge in [0.25, 0.3) is 0 Å². The van der Waals surface area contributed by atoms with E-state index in [4.69, 9.17) is 10.0 Å². The summed E-state index contributed by atoms with van der Waals surface area (Å²) in [7, 11) is -1.70. The molecule has 1 aromatic rings. The number of nitrogens with zero attached hydrogens (tertiary/aromatic N) is 2. The average Bonchev–Trinajstić information content (AvgIpc) is 3.04. The molecule has 1 heterocycles. The molecule has 5 nitrogen and oxygen atoms in total. The fourth-order valence-corrected chi connectivity index (χ4v) is 2.37. The lowest BCUT2D eigenvalue weighted by Gasteiger charge is -2.13. The fraction of sp³-hybridized carbons (Fsp3) is 0.750. The predicted octanol–water partition coefficient (Wildman–Crippen LogP) is 2.79. The summed E-state index contributed by atoms with van der Waals surface area (Å²) in [6.07, 6.45) is 0. The molecule has 1 rings (SSSR count). The minimum absolute atomic E-state index is 0.505. The number of thiophene rings is 1. The summed E-state index contributed by atoms with van der Waals surface area (Å²) in [5.41, 5.74) is 0. The zero-order chi connectivity index (χ0) is 18.1. The first kappa shape index (κ1) is 24.7. The van der Waals surface area contributed by atoms with Gasteiger partial charge in [0.2, 0.25) is 0 Å². The van der Waals surface area contributed by atoms with E-state index in [9.17, 15) is 0 Å². The first-order chi connectivity index (χ1) is 11.0. The Morgan fingerprint density at radius 1 is 0.870 bits per heavy atom. The van der Waals surface area contributed by atoms with E-state index in [1.807, 2.05) is 0 Å². The Balaban J connectivity index is 0. The van der Waals surface area contributed by atoms with Crippen LogP contribution in [-0.4, -0.2) is 66.4 Å². The largest absolute Gasteiger partial charge is 0.708 e. The Morgan fingerprint density at radius 3 is 1.43 bits per heavy atom. The average molecular weight is 346 g/mol. The van der Waals surface area contributed by atoms with Gasteiger partial charge in [0.05, 0.1) is 0 Å². The van der Waals surface area contributed by atoms with Gasteiger partial charge in [-0.05, 0) is 56.8 Å². The maximum absolute atomic E-state index is 8.26. The summed E-state index contributed by atoms with van der Waals surface area (Å²) in [5.74, 6) is 0. The molecule has 0 amide bonds. The van der Waals surface area contributed by atoms with Gasteiger partial charge in [0, 0.05) is 0 Å². The van der Waals surface area contributed by atoms with E-state index in [0.717, 1.165) is 0 Å². The van der Waals surface area contributed by atoms with Crippen molar-refractivity contribution in [3.8, 4) is 5.06 Å². The van der Waals surface area contributed by atoms with Gasteiger partial charge in [-0.2, -0.15) is 0 Å². The van der Waals surface area contributed by atoms with E-state index in [-0.39, 0.29) is 0 Å². The van der Waals surface area contributed by atoms with E-state index in [0.29, 0.717) is 5.06 Å². The van der Waals surface area contributed by atoms with Crippen LogP contribution in [0.2, 0.25) is 0 Å². The van der Waals surface area contributed by atoms with Gasteiger partial charge < -0.3 is 24.5 Å². The van der Waals surface area contributed by atoms with E-state index in [1.165, 1.54) is 50.6 Å². The minimum Gasteiger partial charge on any atom is -0.504 e. The predicted molar refractivity (Wildman–Crippen MR) is 102 cm³/mol. The molecule has 0 saturated heterocycles. The van der Waals surface area contributed by atoms with Crippen LogP contribution in [-0.2, 0) is 0 Å². The Labute approximate surface area is 147 Å². The van der Waals surface area contributed by atoms with Crippen molar-refractivity contribution in [1.82, 2.24) is 9.80 Å². The van der Waals surface area contributed by atoms with Crippen LogP contribution in [0, 0.1) is 0 Å². The molecule has 136 valence electrons. The highest BCUT2D eigenvalue weighted by molar-refractivity contribution is 7.12. The Hall–Kier alpha value is -0.595. The molecular formula is C16H35BN2O3S. The van der Waals surface area contributed by atoms with Crippen molar-refractivity contribution in [3.05, 3.63) is 17.5 Å². The van der Waals surface area contributed by atoms with Crippen LogP contribution in [0.4, 0.5) is 0 Å². The van der Waals surface area contributed by atoms with Crippen LogP contribution in [0.5, 0.6) is 5.06 Å². The lowest BCUT2D eigenvalue weighted by atomic mass is 10.3. The van der Waals surface area contributed by atoms with Gasteiger partial charge in [-0.3, -0.25) is 0 Å². The highest BCUT2D eigenvalue weighted by Crippen LogP contribution is 2.17. The van der Waals surface area contributed by atoms with E-state index in [2.05, 4.69) is 56.0 Å². The van der Waals surface area contributed by atoms with Crippen LogP contribution < -0.4 is 4.65 Å². The number of hydrogen-bond acceptors (Lipinski definition) is 6. The highest BCUT2D eigenvalue weighted by atomic mass is 32.1. The smallest absolute Gasteiger partial charge is 0.504 e. The Bertz CT molecular complexity index is 296. The van der Waals surface area contributed by atoms with E-state index < -0.39 is 7.32 Å². The molecule has 1 aromatic heterocycles. The summed E-state index contributed by atoms with van der Waals surface area (Å²) < 4.78 is 4.48. The van der Waals surface area contributed by atoms with E-state index in [1.54, 1.807) is 17.5 Å².